The van der Waals surface area contributed by atoms with Crippen LogP contribution in [0.5, 0.6) is 5.75 Å². The van der Waals surface area contributed by atoms with Crippen molar-refractivity contribution in [3.63, 3.8) is 0 Å². The molecular weight excluding hydrogens is 611 g/mol. The lowest BCUT2D eigenvalue weighted by atomic mass is 10.0. The first kappa shape index (κ1) is 35.2. The summed E-state index contributed by atoms with van der Waals surface area (Å²) < 4.78 is 35.1. The Bertz CT molecular complexity index is 1710. The number of hydrogen-bond acceptors (Lipinski definition) is 5. The van der Waals surface area contributed by atoms with Crippen molar-refractivity contribution in [2.75, 3.05) is 24.0 Å². The number of rotatable bonds is 15. The maximum Gasteiger partial charge on any atom is 0.264 e. The Morgan fingerprint density at radius 1 is 0.787 bits per heavy atom. The van der Waals surface area contributed by atoms with Crippen LogP contribution in [0, 0.1) is 19.8 Å². The molecule has 0 saturated heterocycles. The van der Waals surface area contributed by atoms with E-state index in [2.05, 4.69) is 5.32 Å². The Kier molecular flexibility index (Phi) is 12.2. The molecule has 4 aromatic rings. The van der Waals surface area contributed by atoms with Gasteiger partial charge in [0, 0.05) is 19.5 Å². The zero-order valence-electron chi connectivity index (χ0n) is 27.8. The third-order valence-corrected chi connectivity index (χ3v) is 9.54. The highest BCUT2D eigenvalue weighted by atomic mass is 32.2. The molecule has 9 heteroatoms. The molecule has 2 amide bonds. The second-order valence-corrected chi connectivity index (χ2v) is 14.0. The SMILES string of the molecule is CCOc1ccc(S(=O)(=O)N(CC(=O)N(Cc2ccc(C)cc2)C(Cc2ccccc2)C(=O)NCC(C)C)c2ccc(C)cc2)cc1. The minimum atomic E-state index is -4.20. The standard InChI is InChI=1S/C38H45N3O5S/c1-6-46-34-20-22-35(23-21-34)47(44,45)41(33-18-14-30(5)15-19-33)27-37(42)40(26-32-16-12-29(4)13-17-32)36(38(43)39-25-28(2)3)24-31-10-8-7-9-11-31/h7-23,28,36H,6,24-27H2,1-5H3,(H,39,43). The van der Waals surface area contributed by atoms with Crippen molar-refractivity contribution >= 4 is 27.5 Å². The topological polar surface area (TPSA) is 96.0 Å². The summed E-state index contributed by atoms with van der Waals surface area (Å²) in [7, 11) is -4.20. The van der Waals surface area contributed by atoms with E-state index in [1.165, 1.54) is 17.0 Å². The van der Waals surface area contributed by atoms with E-state index in [9.17, 15) is 18.0 Å². The van der Waals surface area contributed by atoms with Crippen LogP contribution in [0.3, 0.4) is 0 Å². The third-order valence-electron chi connectivity index (χ3n) is 7.75. The van der Waals surface area contributed by atoms with Gasteiger partial charge in [0.2, 0.25) is 11.8 Å². The molecule has 0 heterocycles. The number of aryl methyl sites for hydroxylation is 2. The molecule has 47 heavy (non-hydrogen) atoms. The second-order valence-electron chi connectivity index (χ2n) is 12.1. The van der Waals surface area contributed by atoms with E-state index in [1.54, 1.807) is 24.3 Å². The lowest BCUT2D eigenvalue weighted by molar-refractivity contribution is -0.140. The fraction of sp³-hybridized carbons (Fsp3) is 0.316. The van der Waals surface area contributed by atoms with Crippen LogP contribution >= 0.6 is 0 Å². The monoisotopic (exact) mass is 655 g/mol. The summed E-state index contributed by atoms with van der Waals surface area (Å²) in [6, 6.07) is 29.6. The van der Waals surface area contributed by atoms with E-state index in [4.69, 9.17) is 4.74 Å². The molecule has 248 valence electrons. The van der Waals surface area contributed by atoms with Gasteiger partial charge in [0.1, 0.15) is 18.3 Å². The maximum absolute atomic E-state index is 14.6. The lowest BCUT2D eigenvalue weighted by Gasteiger charge is -2.34. The quantitative estimate of drug-likeness (QED) is 0.162. The normalized spacial score (nSPS) is 12.0. The van der Waals surface area contributed by atoms with Crippen LogP contribution in [0.25, 0.3) is 0 Å². The number of amides is 2. The molecule has 0 saturated carbocycles. The molecular formula is C38H45N3O5S. The average Bonchev–Trinajstić information content (AvgIpc) is 3.06. The van der Waals surface area contributed by atoms with Gasteiger partial charge < -0.3 is 15.0 Å². The maximum atomic E-state index is 14.6. The molecule has 0 fully saturated rings. The molecule has 0 radical (unpaired) electrons. The summed E-state index contributed by atoms with van der Waals surface area (Å²) in [6.07, 6.45) is 0.262. The number of ether oxygens (including phenoxy) is 1. The number of carbonyl (C=O) groups excluding carboxylic acids is 2. The van der Waals surface area contributed by atoms with Crippen LogP contribution in [-0.4, -0.2) is 50.9 Å². The highest BCUT2D eigenvalue weighted by Gasteiger charge is 2.34. The fourth-order valence-corrected chi connectivity index (χ4v) is 6.52. The predicted molar refractivity (Wildman–Crippen MR) is 187 cm³/mol. The number of nitrogens with zero attached hydrogens (tertiary/aromatic N) is 2. The summed E-state index contributed by atoms with van der Waals surface area (Å²) in [5.74, 6) is -0.0423. The van der Waals surface area contributed by atoms with Crippen LogP contribution in [0.15, 0.2) is 108 Å². The Morgan fingerprint density at radius 3 is 1.96 bits per heavy atom. The Balaban J connectivity index is 1.78. The molecule has 0 bridgehead atoms. The van der Waals surface area contributed by atoms with E-state index >= 15 is 0 Å². The summed E-state index contributed by atoms with van der Waals surface area (Å²) in [5, 5.41) is 3.02. The molecule has 1 unspecified atom stereocenters. The summed E-state index contributed by atoms with van der Waals surface area (Å²) in [5.41, 5.74) is 4.07. The molecule has 0 spiro atoms. The smallest absolute Gasteiger partial charge is 0.264 e. The first-order valence-electron chi connectivity index (χ1n) is 16.0. The number of hydrogen-bond donors (Lipinski definition) is 1. The van der Waals surface area contributed by atoms with Crippen molar-refractivity contribution in [2.45, 2.75) is 58.5 Å². The summed E-state index contributed by atoms with van der Waals surface area (Å²) >= 11 is 0. The van der Waals surface area contributed by atoms with E-state index in [0.29, 0.717) is 24.6 Å². The second kappa shape index (κ2) is 16.3. The first-order chi connectivity index (χ1) is 22.5. The molecule has 4 rings (SSSR count). The van der Waals surface area contributed by atoms with Crippen molar-refractivity contribution < 1.29 is 22.7 Å². The first-order valence-corrected chi connectivity index (χ1v) is 17.4. The number of nitrogens with one attached hydrogen (secondary N) is 1. The molecule has 0 aromatic heterocycles. The molecule has 0 aliphatic carbocycles. The van der Waals surface area contributed by atoms with Gasteiger partial charge in [0.25, 0.3) is 10.0 Å². The number of anilines is 1. The van der Waals surface area contributed by atoms with Gasteiger partial charge in [-0.15, -0.1) is 0 Å². The third kappa shape index (κ3) is 9.68. The van der Waals surface area contributed by atoms with Crippen LogP contribution in [-0.2, 0) is 32.6 Å². The van der Waals surface area contributed by atoms with Gasteiger partial charge in [-0.05, 0) is 74.2 Å². The lowest BCUT2D eigenvalue weighted by Crippen LogP contribution is -2.53. The highest BCUT2D eigenvalue weighted by molar-refractivity contribution is 7.92. The molecule has 4 aromatic carbocycles. The predicted octanol–water partition coefficient (Wildman–Crippen LogP) is 6.31. The largest absolute Gasteiger partial charge is 0.494 e. The van der Waals surface area contributed by atoms with Gasteiger partial charge in [-0.25, -0.2) is 8.42 Å². The Morgan fingerprint density at radius 2 is 1.38 bits per heavy atom. The van der Waals surface area contributed by atoms with Crippen molar-refractivity contribution in [1.82, 2.24) is 10.2 Å². The van der Waals surface area contributed by atoms with Gasteiger partial charge in [-0.1, -0.05) is 91.7 Å². The Labute approximate surface area is 279 Å². The van der Waals surface area contributed by atoms with Gasteiger partial charge in [-0.3, -0.25) is 13.9 Å². The van der Waals surface area contributed by atoms with Crippen molar-refractivity contribution in [3.05, 3.63) is 125 Å². The van der Waals surface area contributed by atoms with Crippen LogP contribution < -0.4 is 14.4 Å². The van der Waals surface area contributed by atoms with Gasteiger partial charge in [0.05, 0.1) is 17.2 Å². The summed E-state index contributed by atoms with van der Waals surface area (Å²) in [4.78, 5) is 30.0. The highest BCUT2D eigenvalue weighted by Crippen LogP contribution is 2.27. The van der Waals surface area contributed by atoms with E-state index < -0.39 is 28.5 Å². The van der Waals surface area contributed by atoms with Gasteiger partial charge >= 0.3 is 0 Å². The van der Waals surface area contributed by atoms with Crippen molar-refractivity contribution in [2.24, 2.45) is 5.92 Å². The Hall–Kier alpha value is -4.63. The zero-order valence-corrected chi connectivity index (χ0v) is 28.7. The van der Waals surface area contributed by atoms with E-state index in [0.717, 1.165) is 26.6 Å². The zero-order chi connectivity index (χ0) is 34.0. The number of sulfonamides is 1. The average molecular weight is 656 g/mol. The van der Waals surface area contributed by atoms with E-state index in [1.807, 2.05) is 101 Å². The van der Waals surface area contributed by atoms with Crippen molar-refractivity contribution in [3.8, 4) is 5.75 Å². The van der Waals surface area contributed by atoms with Crippen LogP contribution in [0.1, 0.15) is 43.0 Å². The summed E-state index contributed by atoms with van der Waals surface area (Å²) in [6.45, 7) is 10.3. The fourth-order valence-electron chi connectivity index (χ4n) is 5.11. The molecule has 0 aliphatic heterocycles. The van der Waals surface area contributed by atoms with Gasteiger partial charge in [-0.2, -0.15) is 0 Å². The number of carbonyl (C=O) groups is 2. The van der Waals surface area contributed by atoms with E-state index in [-0.39, 0.29) is 29.7 Å². The molecule has 0 aliphatic rings. The molecule has 1 atom stereocenters. The minimum absolute atomic E-state index is 0.0231. The van der Waals surface area contributed by atoms with Crippen LogP contribution in [0.2, 0.25) is 0 Å². The molecule has 8 nitrogen and oxygen atoms in total. The number of benzene rings is 4. The minimum Gasteiger partial charge on any atom is -0.494 e. The van der Waals surface area contributed by atoms with Crippen molar-refractivity contribution in [1.29, 1.82) is 0 Å². The van der Waals surface area contributed by atoms with Crippen LogP contribution in [0.4, 0.5) is 5.69 Å². The van der Waals surface area contributed by atoms with Gasteiger partial charge in [0.15, 0.2) is 0 Å². The molecule has 1 N–H and O–H groups in total.